The lowest BCUT2D eigenvalue weighted by Crippen LogP contribution is -1.53. The Kier molecular flexibility index (Phi) is 4.18. The molecule has 0 saturated heterocycles. The maximum Gasteiger partial charge on any atom is 0.0161 e. The second-order valence-corrected chi connectivity index (χ2v) is 0.447. The minimum Gasteiger partial charge on any atom is -0.155 e. The van der Waals surface area contributed by atoms with Crippen LogP contribution in [0.4, 0.5) is 0 Å². The highest BCUT2D eigenvalue weighted by atomic mass is 32.1. The Labute approximate surface area is 35.3 Å². The molecule has 0 aliphatic heterocycles. The Morgan fingerprint density at radius 3 is 1.25 bits per heavy atom. The van der Waals surface area contributed by atoms with Gasteiger partial charge in [-0.2, -0.15) is 8.67 Å². The lowest BCUT2D eigenvalue weighted by molar-refractivity contribution is -0.0457. The van der Waals surface area contributed by atoms with Crippen LogP contribution in [0.15, 0.2) is 0 Å². The first kappa shape index (κ1) is 4.62. The molecule has 0 aromatic carbocycles. The Morgan fingerprint density at radius 1 is 1.00 bits per heavy atom. The van der Waals surface area contributed by atoms with Crippen molar-refractivity contribution in [1.29, 1.82) is 0 Å². The van der Waals surface area contributed by atoms with Gasteiger partial charge >= 0.3 is 0 Å². The number of hydrogen-bond acceptors (Lipinski definition) is 4. The van der Waals surface area contributed by atoms with Gasteiger partial charge in [0.1, 0.15) is 0 Å². The van der Waals surface area contributed by atoms with Crippen molar-refractivity contribution in [3.8, 4) is 0 Å². The molecule has 0 amide bonds. The zero-order chi connectivity index (χ0) is 3.41. The molecule has 0 aliphatic carbocycles. The summed E-state index contributed by atoms with van der Waals surface area (Å²) in [7, 11) is 0. The van der Waals surface area contributed by atoms with Crippen LogP contribution in [0.5, 0.6) is 0 Å². The second-order valence-electron chi connectivity index (χ2n) is 0.149. The van der Waals surface area contributed by atoms with Crippen LogP contribution in [0.3, 0.4) is 0 Å². The van der Waals surface area contributed by atoms with Gasteiger partial charge in [0, 0.05) is 25.8 Å². The second kappa shape index (κ2) is 3.62. The molecule has 0 atom stereocenters. The van der Waals surface area contributed by atoms with E-state index in [0.717, 1.165) is 0 Å². The first-order valence-corrected chi connectivity index (χ1v) is 1.26. The van der Waals surface area contributed by atoms with Gasteiger partial charge in [0.25, 0.3) is 0 Å². The summed E-state index contributed by atoms with van der Waals surface area (Å²) in [5.74, 6) is 0. The van der Waals surface area contributed by atoms with Crippen molar-refractivity contribution in [2.45, 2.75) is 0 Å². The van der Waals surface area contributed by atoms with Crippen LogP contribution in [-0.4, -0.2) is 0 Å². The van der Waals surface area contributed by atoms with E-state index in [1.54, 1.807) is 0 Å². The molecule has 4 heteroatoms. The van der Waals surface area contributed by atoms with Gasteiger partial charge in [0.05, 0.1) is 0 Å². The average molecular weight is 98.1 g/mol. The van der Waals surface area contributed by atoms with Crippen molar-refractivity contribution in [3.63, 3.8) is 0 Å². The molecule has 0 spiro atoms. The van der Waals surface area contributed by atoms with E-state index in [1.165, 1.54) is 0 Å². The highest BCUT2D eigenvalue weighted by Gasteiger charge is 1.51. The molecule has 0 rings (SSSR count). The Morgan fingerprint density at radius 2 is 1.25 bits per heavy atom. The lowest BCUT2D eigenvalue weighted by Gasteiger charge is -1.73. The number of thiol groups is 2. The molecule has 0 fully saturated rings. The van der Waals surface area contributed by atoms with Crippen LogP contribution >= 0.6 is 25.8 Å². The number of rotatable bonds is 1. The summed E-state index contributed by atoms with van der Waals surface area (Å²) in [6.07, 6.45) is 0. The molecular formula is H2O2S2. The molecule has 0 heterocycles. The van der Waals surface area contributed by atoms with Crippen LogP contribution in [0.2, 0.25) is 0 Å². The van der Waals surface area contributed by atoms with Crippen molar-refractivity contribution in [3.05, 3.63) is 0 Å². The maximum atomic E-state index is 3.60. The van der Waals surface area contributed by atoms with Crippen molar-refractivity contribution in [2.24, 2.45) is 0 Å². The van der Waals surface area contributed by atoms with Crippen molar-refractivity contribution in [2.75, 3.05) is 0 Å². The van der Waals surface area contributed by atoms with Gasteiger partial charge in [-0.25, -0.2) is 0 Å². The summed E-state index contributed by atoms with van der Waals surface area (Å²) < 4.78 is 7.20. The van der Waals surface area contributed by atoms with E-state index in [9.17, 15) is 0 Å². The van der Waals surface area contributed by atoms with Crippen LogP contribution in [-0.2, 0) is 8.67 Å². The summed E-state index contributed by atoms with van der Waals surface area (Å²) in [6, 6.07) is 0. The van der Waals surface area contributed by atoms with Crippen LogP contribution in [0, 0.1) is 0 Å². The summed E-state index contributed by atoms with van der Waals surface area (Å²) in [5.41, 5.74) is 0. The molecule has 0 aliphatic rings. The zero-order valence-electron chi connectivity index (χ0n) is 1.71. The van der Waals surface area contributed by atoms with Crippen molar-refractivity contribution < 1.29 is 8.67 Å². The van der Waals surface area contributed by atoms with E-state index in [4.69, 9.17) is 0 Å². The molecule has 0 saturated carbocycles. The smallest absolute Gasteiger partial charge is 0.0161 e. The molecule has 2 nitrogen and oxygen atoms in total. The molecule has 0 aromatic heterocycles. The number of hydrogen-bond donors (Lipinski definition) is 2. The minimum absolute atomic E-state index is 3.12. The maximum absolute atomic E-state index is 3.60. The molecular weight excluding hydrogens is 96.1 g/mol. The monoisotopic (exact) mass is 97.9 g/mol. The quantitative estimate of drug-likeness (QED) is 0.217. The largest absolute Gasteiger partial charge is 0.155 e. The van der Waals surface area contributed by atoms with E-state index in [1.807, 2.05) is 0 Å². The Balaban J connectivity index is 1.97. The van der Waals surface area contributed by atoms with E-state index in [0.29, 0.717) is 0 Å². The van der Waals surface area contributed by atoms with Gasteiger partial charge in [0.15, 0.2) is 0 Å². The highest BCUT2D eigenvalue weighted by molar-refractivity contribution is 7.77. The van der Waals surface area contributed by atoms with Gasteiger partial charge in [-0.05, 0) is 0 Å². The summed E-state index contributed by atoms with van der Waals surface area (Å²) >= 11 is 6.24. The molecule has 0 unspecified atom stereocenters. The topological polar surface area (TPSA) is 18.5 Å². The zero-order valence-corrected chi connectivity index (χ0v) is 3.50. The van der Waals surface area contributed by atoms with Gasteiger partial charge in [-0.1, -0.05) is 0 Å². The third kappa shape index (κ3) is 2.62. The fraction of sp³-hybridized carbons (Fsp3) is 0. The third-order valence-electron chi connectivity index (χ3n) is 0.0333. The molecule has 0 bridgehead atoms. The average Bonchev–Trinajstić information content (AvgIpc) is 1.37. The predicted octanol–water partition coefficient (Wildman–Crippen LogP) is 0.624. The van der Waals surface area contributed by atoms with Crippen LogP contribution < -0.4 is 0 Å². The van der Waals surface area contributed by atoms with E-state index in [-0.39, 0.29) is 0 Å². The fourth-order valence-corrected chi connectivity index (χ4v) is 0. The van der Waals surface area contributed by atoms with Crippen LogP contribution in [0.1, 0.15) is 0 Å². The first-order chi connectivity index (χ1) is 1.91. The minimum atomic E-state index is 3.12. The molecule has 0 radical (unpaired) electrons. The Hall–Kier alpha value is 0.620. The van der Waals surface area contributed by atoms with Crippen LogP contribution in [0.25, 0.3) is 0 Å². The van der Waals surface area contributed by atoms with Gasteiger partial charge in [0.2, 0.25) is 0 Å². The molecule has 26 valence electrons. The third-order valence-corrected chi connectivity index (χ3v) is 0.300. The Bertz CT molecular complexity index is 6.00. The summed E-state index contributed by atoms with van der Waals surface area (Å²) in [5, 5.41) is 0. The van der Waals surface area contributed by atoms with Crippen molar-refractivity contribution in [1.82, 2.24) is 0 Å². The SMILES string of the molecule is SOOS. The van der Waals surface area contributed by atoms with E-state index < -0.39 is 0 Å². The van der Waals surface area contributed by atoms with Gasteiger partial charge in [-0.3, -0.25) is 0 Å². The van der Waals surface area contributed by atoms with E-state index >= 15 is 0 Å². The van der Waals surface area contributed by atoms with Gasteiger partial charge in [-0.15, -0.1) is 0 Å². The van der Waals surface area contributed by atoms with Gasteiger partial charge < -0.3 is 0 Å². The predicted molar refractivity (Wildman–Crippen MR) is 20.1 cm³/mol. The lowest BCUT2D eigenvalue weighted by atomic mass is 14.9. The molecule has 0 aromatic rings. The van der Waals surface area contributed by atoms with E-state index in [2.05, 4.69) is 34.5 Å². The van der Waals surface area contributed by atoms with Crippen molar-refractivity contribution >= 4 is 25.8 Å². The standard InChI is InChI=1S/H2O2S2/c3-1-2-4/h3-4H. The molecule has 0 N–H and O–H groups in total. The molecule has 4 heavy (non-hydrogen) atoms. The summed E-state index contributed by atoms with van der Waals surface area (Å²) in [4.78, 5) is 0. The normalized spacial score (nSPS) is 7.50. The summed E-state index contributed by atoms with van der Waals surface area (Å²) in [6.45, 7) is 0. The first-order valence-electron chi connectivity index (χ1n) is 0.532. The fourth-order valence-electron chi connectivity index (χ4n) is 0. The highest BCUT2D eigenvalue weighted by Crippen LogP contribution is 1.80.